The average Bonchev–Trinajstić information content (AvgIpc) is 2.99. The van der Waals surface area contributed by atoms with E-state index in [0.29, 0.717) is 11.4 Å². The third kappa shape index (κ3) is 8.83. The summed E-state index contributed by atoms with van der Waals surface area (Å²) < 4.78 is 32.6. The van der Waals surface area contributed by atoms with Gasteiger partial charge in [-0.15, -0.1) is 0 Å². The lowest BCUT2D eigenvalue weighted by molar-refractivity contribution is -0.140. The van der Waals surface area contributed by atoms with Gasteiger partial charge in [0.15, 0.2) is 0 Å². The van der Waals surface area contributed by atoms with Crippen LogP contribution in [0, 0.1) is 13.8 Å². The molecule has 43 heavy (non-hydrogen) atoms. The van der Waals surface area contributed by atoms with Crippen molar-refractivity contribution in [2.75, 3.05) is 24.2 Å². The van der Waals surface area contributed by atoms with Crippen molar-refractivity contribution < 1.29 is 22.7 Å². The Hall–Kier alpha value is -3.85. The Morgan fingerprint density at radius 1 is 0.907 bits per heavy atom. The van der Waals surface area contributed by atoms with Crippen LogP contribution in [0.1, 0.15) is 54.4 Å². The van der Waals surface area contributed by atoms with E-state index in [9.17, 15) is 18.0 Å². The number of benzene rings is 3. The summed E-state index contributed by atoms with van der Waals surface area (Å²) in [5, 5.41) is 3.22. The molecule has 1 atom stereocenters. The molecule has 0 aliphatic heterocycles. The number of sulfonamides is 1. The first-order valence-corrected chi connectivity index (χ1v) is 16.7. The van der Waals surface area contributed by atoms with E-state index in [1.54, 1.807) is 19.2 Å². The zero-order chi connectivity index (χ0) is 31.0. The van der Waals surface area contributed by atoms with Crippen LogP contribution >= 0.6 is 0 Å². The Labute approximate surface area is 256 Å². The van der Waals surface area contributed by atoms with Gasteiger partial charge in [0.25, 0.3) is 0 Å². The fourth-order valence-corrected chi connectivity index (χ4v) is 6.40. The highest BCUT2D eigenvalue weighted by Gasteiger charge is 2.34. The Morgan fingerprint density at radius 2 is 1.60 bits per heavy atom. The van der Waals surface area contributed by atoms with Crippen LogP contribution in [0.5, 0.6) is 5.75 Å². The third-order valence-electron chi connectivity index (χ3n) is 8.17. The van der Waals surface area contributed by atoms with Gasteiger partial charge in [0.2, 0.25) is 21.8 Å². The SMILES string of the molecule is COc1cccc(CN(C(=O)CN(c2ccc(C)c(C)c2)S(C)(=O)=O)[C@@H](Cc2ccccc2)C(=O)NC2CCCCC2)c1. The molecule has 2 amide bonds. The molecule has 1 aliphatic carbocycles. The maximum absolute atomic E-state index is 14.3. The topological polar surface area (TPSA) is 96.0 Å². The van der Waals surface area contributed by atoms with Crippen LogP contribution in [0.3, 0.4) is 0 Å². The van der Waals surface area contributed by atoms with E-state index < -0.39 is 28.5 Å². The maximum atomic E-state index is 14.3. The van der Waals surface area contributed by atoms with Gasteiger partial charge >= 0.3 is 0 Å². The lowest BCUT2D eigenvalue weighted by Gasteiger charge is -2.35. The van der Waals surface area contributed by atoms with Crippen LogP contribution in [0.15, 0.2) is 72.8 Å². The number of amides is 2. The predicted octanol–water partition coefficient (Wildman–Crippen LogP) is 5.17. The average molecular weight is 606 g/mol. The minimum Gasteiger partial charge on any atom is -0.497 e. The molecule has 4 rings (SSSR count). The number of carbonyl (C=O) groups is 2. The van der Waals surface area contributed by atoms with Gasteiger partial charge < -0.3 is 15.0 Å². The molecule has 0 bridgehead atoms. The van der Waals surface area contributed by atoms with Crippen molar-refractivity contribution in [3.63, 3.8) is 0 Å². The van der Waals surface area contributed by atoms with E-state index >= 15 is 0 Å². The second-order valence-corrected chi connectivity index (χ2v) is 13.4. The summed E-state index contributed by atoms with van der Waals surface area (Å²) in [6.45, 7) is 3.52. The van der Waals surface area contributed by atoms with Crippen molar-refractivity contribution in [2.24, 2.45) is 0 Å². The maximum Gasteiger partial charge on any atom is 0.244 e. The van der Waals surface area contributed by atoms with Crippen LogP contribution < -0.4 is 14.4 Å². The quantitative estimate of drug-likeness (QED) is 0.308. The van der Waals surface area contributed by atoms with Crippen LogP contribution in [-0.2, 0) is 32.6 Å². The first-order valence-electron chi connectivity index (χ1n) is 14.9. The number of aryl methyl sites for hydroxylation is 2. The van der Waals surface area contributed by atoms with Crippen molar-refractivity contribution in [2.45, 2.75) is 71.0 Å². The highest BCUT2D eigenvalue weighted by molar-refractivity contribution is 7.92. The van der Waals surface area contributed by atoms with Gasteiger partial charge in [-0.3, -0.25) is 13.9 Å². The standard InChI is InChI=1S/C34H43N3O5S/c1-25-18-19-30(20-26(25)2)37(43(4,40)41)24-33(38)36(23-28-14-11-17-31(21-28)42-3)32(22-27-12-7-5-8-13-27)34(39)35-29-15-9-6-10-16-29/h5,7-8,11-14,17-21,29,32H,6,9-10,15-16,22-24H2,1-4H3,(H,35,39)/t32-/m0/s1. The number of methoxy groups -OCH3 is 1. The van der Waals surface area contributed by atoms with Crippen molar-refractivity contribution in [1.82, 2.24) is 10.2 Å². The summed E-state index contributed by atoms with van der Waals surface area (Å²) in [5.41, 5.74) is 4.02. The molecule has 9 heteroatoms. The largest absolute Gasteiger partial charge is 0.497 e. The Morgan fingerprint density at radius 3 is 2.26 bits per heavy atom. The first kappa shape index (κ1) is 32.1. The second kappa shape index (κ2) is 14.6. The molecular formula is C34H43N3O5S. The van der Waals surface area contributed by atoms with Gasteiger partial charge in [-0.05, 0) is 73.2 Å². The Balaban J connectivity index is 1.74. The molecule has 0 heterocycles. The van der Waals surface area contributed by atoms with Gasteiger partial charge in [-0.1, -0.05) is 67.8 Å². The number of rotatable bonds is 12. The van der Waals surface area contributed by atoms with Gasteiger partial charge in [0.05, 0.1) is 19.1 Å². The molecule has 8 nitrogen and oxygen atoms in total. The highest BCUT2D eigenvalue weighted by Crippen LogP contribution is 2.24. The molecular weight excluding hydrogens is 562 g/mol. The number of nitrogens with zero attached hydrogens (tertiary/aromatic N) is 2. The minimum atomic E-state index is -3.82. The summed E-state index contributed by atoms with van der Waals surface area (Å²) in [6.07, 6.45) is 6.46. The molecule has 0 spiro atoms. The van der Waals surface area contributed by atoms with E-state index in [-0.39, 0.29) is 24.9 Å². The second-order valence-electron chi connectivity index (χ2n) is 11.5. The lowest BCUT2D eigenvalue weighted by Crippen LogP contribution is -2.55. The van der Waals surface area contributed by atoms with E-state index in [2.05, 4.69) is 5.32 Å². The van der Waals surface area contributed by atoms with Gasteiger partial charge in [-0.2, -0.15) is 0 Å². The Kier molecular flexibility index (Phi) is 10.9. The summed E-state index contributed by atoms with van der Waals surface area (Å²) in [7, 11) is -2.25. The summed E-state index contributed by atoms with van der Waals surface area (Å²) in [5.74, 6) is -0.0701. The zero-order valence-electron chi connectivity index (χ0n) is 25.6. The molecule has 0 unspecified atom stereocenters. The van der Waals surface area contributed by atoms with E-state index in [0.717, 1.165) is 64.9 Å². The molecule has 1 saturated carbocycles. The smallest absolute Gasteiger partial charge is 0.244 e. The number of ether oxygens (including phenoxy) is 1. The van der Waals surface area contributed by atoms with Gasteiger partial charge in [-0.25, -0.2) is 8.42 Å². The van der Waals surface area contributed by atoms with Crippen LogP contribution in [0.2, 0.25) is 0 Å². The van der Waals surface area contributed by atoms with Gasteiger partial charge in [0, 0.05) is 19.0 Å². The van der Waals surface area contributed by atoms with Crippen LogP contribution in [0.4, 0.5) is 5.69 Å². The van der Waals surface area contributed by atoms with Crippen molar-refractivity contribution >= 4 is 27.5 Å². The lowest BCUT2D eigenvalue weighted by atomic mass is 9.94. The predicted molar refractivity (Wildman–Crippen MR) is 171 cm³/mol. The van der Waals surface area contributed by atoms with Crippen LogP contribution in [-0.4, -0.2) is 57.1 Å². The summed E-state index contributed by atoms with van der Waals surface area (Å²) in [4.78, 5) is 29.9. The number of anilines is 1. The van der Waals surface area contributed by atoms with E-state index in [4.69, 9.17) is 4.74 Å². The number of hydrogen-bond acceptors (Lipinski definition) is 5. The Bertz CT molecular complexity index is 1500. The van der Waals surface area contributed by atoms with Crippen LogP contribution in [0.25, 0.3) is 0 Å². The molecule has 0 saturated heterocycles. The molecule has 1 N–H and O–H groups in total. The van der Waals surface area contributed by atoms with Crippen molar-refractivity contribution in [3.8, 4) is 5.75 Å². The normalized spacial score (nSPS) is 14.5. The summed E-state index contributed by atoms with van der Waals surface area (Å²) >= 11 is 0. The molecule has 0 aromatic heterocycles. The number of nitrogens with one attached hydrogen (secondary N) is 1. The highest BCUT2D eigenvalue weighted by atomic mass is 32.2. The number of hydrogen-bond donors (Lipinski definition) is 1. The molecule has 230 valence electrons. The summed E-state index contributed by atoms with van der Waals surface area (Å²) in [6, 6.07) is 21.5. The molecule has 1 aliphatic rings. The molecule has 0 radical (unpaired) electrons. The third-order valence-corrected chi connectivity index (χ3v) is 9.31. The van der Waals surface area contributed by atoms with Gasteiger partial charge in [0.1, 0.15) is 18.3 Å². The molecule has 1 fully saturated rings. The fourth-order valence-electron chi connectivity index (χ4n) is 5.56. The first-order chi connectivity index (χ1) is 20.5. The van der Waals surface area contributed by atoms with Crippen molar-refractivity contribution in [3.05, 3.63) is 95.1 Å². The number of carbonyl (C=O) groups excluding carboxylic acids is 2. The monoisotopic (exact) mass is 605 g/mol. The minimum absolute atomic E-state index is 0.0522. The van der Waals surface area contributed by atoms with E-state index in [1.807, 2.05) is 74.5 Å². The fraction of sp³-hybridized carbons (Fsp3) is 0.412. The van der Waals surface area contributed by atoms with Crippen molar-refractivity contribution in [1.29, 1.82) is 0 Å². The molecule has 3 aromatic carbocycles. The van der Waals surface area contributed by atoms with E-state index in [1.165, 1.54) is 4.90 Å². The molecule has 3 aromatic rings. The zero-order valence-corrected chi connectivity index (χ0v) is 26.4.